The highest BCUT2D eigenvalue weighted by Gasteiger charge is 2.49. The summed E-state index contributed by atoms with van der Waals surface area (Å²) >= 11 is 0. The van der Waals surface area contributed by atoms with Gasteiger partial charge in [-0.05, 0) is 62.9 Å². The number of esters is 2. The van der Waals surface area contributed by atoms with E-state index in [1.54, 1.807) is 52.0 Å². The maximum absolute atomic E-state index is 14.1. The highest BCUT2D eigenvalue weighted by Crippen LogP contribution is 2.53. The lowest BCUT2D eigenvalue weighted by molar-refractivity contribution is -0.130. The van der Waals surface area contributed by atoms with Gasteiger partial charge in [0.1, 0.15) is 0 Å². The Labute approximate surface area is 291 Å². The number of ketones is 1. The minimum atomic E-state index is -1.43. The number of ether oxygens (including phenoxy) is 4. The smallest absolute Gasteiger partial charge is 0.336 e. The van der Waals surface area contributed by atoms with E-state index in [0.717, 1.165) is 12.2 Å². The number of carboxylic acid groups (broad SMARTS) is 2. The predicted molar refractivity (Wildman–Crippen MR) is 188 cm³/mol. The number of carbonyl (C=O) groups is 5. The lowest BCUT2D eigenvalue weighted by Gasteiger charge is -2.39. The fourth-order valence-corrected chi connectivity index (χ4v) is 5.39. The number of aromatic carboxylic acids is 2. The van der Waals surface area contributed by atoms with Crippen molar-refractivity contribution in [1.29, 1.82) is 0 Å². The van der Waals surface area contributed by atoms with Gasteiger partial charge >= 0.3 is 23.9 Å². The van der Waals surface area contributed by atoms with Crippen molar-refractivity contribution in [2.75, 3.05) is 13.2 Å². The van der Waals surface area contributed by atoms with Gasteiger partial charge in [-0.1, -0.05) is 70.0 Å². The monoisotopic (exact) mass is 686 g/mol. The summed E-state index contributed by atoms with van der Waals surface area (Å²) in [6, 6.07) is 12.5. The molecular weight excluding hydrogens is 644 g/mol. The van der Waals surface area contributed by atoms with E-state index in [1.807, 2.05) is 13.8 Å². The number of hydrogen-bond acceptors (Lipinski definition) is 9. The molecule has 11 nitrogen and oxygen atoms in total. The molecule has 3 rings (SSSR count). The van der Waals surface area contributed by atoms with Crippen molar-refractivity contribution in [1.82, 2.24) is 0 Å². The molecule has 3 aromatic rings. The highest BCUT2D eigenvalue weighted by molar-refractivity contribution is 6.04. The average molecular weight is 687 g/mol. The van der Waals surface area contributed by atoms with Crippen molar-refractivity contribution in [2.24, 2.45) is 5.92 Å². The average Bonchev–Trinajstić information content (AvgIpc) is 3.09. The van der Waals surface area contributed by atoms with E-state index >= 15 is 0 Å². The Hall–Kier alpha value is -5.97. The molecule has 0 atom stereocenters. The molecule has 2 N–H and O–H groups in total. The van der Waals surface area contributed by atoms with Crippen LogP contribution in [0.5, 0.6) is 23.0 Å². The topological polar surface area (TPSA) is 163 Å². The van der Waals surface area contributed by atoms with Gasteiger partial charge in [-0.2, -0.15) is 0 Å². The Morgan fingerprint density at radius 1 is 0.660 bits per heavy atom. The van der Waals surface area contributed by atoms with E-state index in [-0.39, 0.29) is 59.0 Å². The van der Waals surface area contributed by atoms with E-state index in [4.69, 9.17) is 29.2 Å². The third-order valence-corrected chi connectivity index (χ3v) is 7.61. The van der Waals surface area contributed by atoms with Crippen LogP contribution in [0.4, 0.5) is 0 Å². The van der Waals surface area contributed by atoms with Crippen molar-refractivity contribution in [3.05, 3.63) is 120 Å². The second kappa shape index (κ2) is 18.0. The zero-order valence-electron chi connectivity index (χ0n) is 29.0. The number of rotatable bonds is 15. The molecule has 0 aliphatic carbocycles. The maximum atomic E-state index is 14.1. The van der Waals surface area contributed by atoms with E-state index < -0.39 is 29.3 Å². The Morgan fingerprint density at radius 3 is 1.32 bits per heavy atom. The quantitative estimate of drug-likeness (QED) is 0.0956. The summed E-state index contributed by atoms with van der Waals surface area (Å²) < 4.78 is 23.3. The molecule has 0 fully saturated rings. The Kier molecular flexibility index (Phi) is 14.5. The fourth-order valence-electron chi connectivity index (χ4n) is 5.39. The first-order valence-electron chi connectivity index (χ1n) is 15.6. The molecule has 0 saturated carbocycles. The zero-order valence-corrected chi connectivity index (χ0v) is 29.0. The molecule has 0 aromatic heterocycles. The molecule has 0 amide bonds. The largest absolute Gasteiger partial charge is 0.490 e. The number of allylic oxidation sites excluding steroid dienone is 1. The molecule has 50 heavy (non-hydrogen) atoms. The van der Waals surface area contributed by atoms with Crippen LogP contribution in [0, 0.1) is 19.8 Å². The van der Waals surface area contributed by atoms with Gasteiger partial charge in [-0.15, -0.1) is 0 Å². The Morgan fingerprint density at radius 2 is 1.04 bits per heavy atom. The molecule has 0 unspecified atom stereocenters. The van der Waals surface area contributed by atoms with Crippen LogP contribution in [-0.4, -0.2) is 53.1 Å². The van der Waals surface area contributed by atoms with Crippen LogP contribution >= 0.6 is 0 Å². The van der Waals surface area contributed by atoms with Gasteiger partial charge < -0.3 is 29.2 Å². The highest BCUT2D eigenvalue weighted by atomic mass is 16.6. The van der Waals surface area contributed by atoms with Crippen molar-refractivity contribution in [3.8, 4) is 23.0 Å². The van der Waals surface area contributed by atoms with E-state index in [1.165, 1.54) is 30.3 Å². The summed E-state index contributed by atoms with van der Waals surface area (Å²) in [5.74, 6) is -3.69. The third-order valence-electron chi connectivity index (χ3n) is 7.61. The second-order valence-corrected chi connectivity index (χ2v) is 11.0. The van der Waals surface area contributed by atoms with E-state index in [9.17, 15) is 24.0 Å². The van der Waals surface area contributed by atoms with Gasteiger partial charge in [0, 0.05) is 23.3 Å². The molecule has 264 valence electrons. The van der Waals surface area contributed by atoms with Crippen LogP contribution < -0.4 is 18.9 Å². The zero-order chi connectivity index (χ0) is 37.8. The summed E-state index contributed by atoms with van der Waals surface area (Å²) in [7, 11) is 0. The first kappa shape index (κ1) is 40.2. The first-order valence-corrected chi connectivity index (χ1v) is 15.6. The van der Waals surface area contributed by atoms with Gasteiger partial charge in [-0.25, -0.2) is 19.2 Å². The molecule has 0 bridgehead atoms. The van der Waals surface area contributed by atoms with Crippen LogP contribution in [0.15, 0.2) is 86.5 Å². The third kappa shape index (κ3) is 8.54. The van der Waals surface area contributed by atoms with Gasteiger partial charge in [0.05, 0.1) is 29.8 Å². The molecule has 0 saturated heterocycles. The molecule has 0 aliphatic rings. The minimum Gasteiger partial charge on any atom is -0.490 e. The number of benzene rings is 3. The lowest BCUT2D eigenvalue weighted by atomic mass is 9.63. The lowest BCUT2D eigenvalue weighted by Crippen LogP contribution is -2.42. The van der Waals surface area contributed by atoms with Crippen LogP contribution in [0.2, 0.25) is 0 Å². The Bertz CT molecular complexity index is 1690. The molecule has 0 radical (unpaired) electrons. The summed E-state index contributed by atoms with van der Waals surface area (Å²) in [6.45, 7) is 22.1. The number of carboxylic acids is 2. The summed E-state index contributed by atoms with van der Waals surface area (Å²) in [5.41, 5.74) is 0.347. The molecule has 3 aromatic carbocycles. The van der Waals surface area contributed by atoms with Crippen LogP contribution in [0.25, 0.3) is 0 Å². The van der Waals surface area contributed by atoms with E-state index in [0.29, 0.717) is 22.3 Å². The minimum absolute atomic E-state index is 0.180. The summed E-state index contributed by atoms with van der Waals surface area (Å²) in [4.78, 5) is 59.5. The van der Waals surface area contributed by atoms with Crippen molar-refractivity contribution in [2.45, 2.75) is 47.0 Å². The number of hydrogen-bond donors (Lipinski definition) is 2. The maximum Gasteiger partial charge on any atom is 0.336 e. The van der Waals surface area contributed by atoms with Crippen LogP contribution in [-0.2, 0) is 19.8 Å². The SMILES string of the molecule is C=CC(=O)Oc1c(C)ccc(C(C(=O)C=C)(c2ccc(C)c(OC(=O)C=C)c2OCC)C(C)C)c1OCC.O=C(O)c1ccccc1C(=O)O. The van der Waals surface area contributed by atoms with Crippen molar-refractivity contribution >= 4 is 29.7 Å². The van der Waals surface area contributed by atoms with Gasteiger partial charge in [-0.3, -0.25) is 4.79 Å². The normalized spacial score (nSPS) is 10.5. The fraction of sp³-hybridized carbons (Fsp3) is 0.256. The van der Waals surface area contributed by atoms with Gasteiger partial charge in [0.15, 0.2) is 28.8 Å². The van der Waals surface area contributed by atoms with Crippen LogP contribution in [0.1, 0.15) is 70.7 Å². The summed E-state index contributed by atoms with van der Waals surface area (Å²) in [6.07, 6.45) is 3.36. The van der Waals surface area contributed by atoms with Gasteiger partial charge in [0.2, 0.25) is 0 Å². The molecule has 11 heteroatoms. The second-order valence-electron chi connectivity index (χ2n) is 11.0. The van der Waals surface area contributed by atoms with Crippen molar-refractivity contribution < 1.29 is 53.1 Å². The molecular formula is C39H42O11. The number of carbonyl (C=O) groups excluding carboxylic acids is 3. The van der Waals surface area contributed by atoms with Gasteiger partial charge in [0.25, 0.3) is 0 Å². The van der Waals surface area contributed by atoms with E-state index in [2.05, 4.69) is 19.7 Å². The van der Waals surface area contributed by atoms with Crippen molar-refractivity contribution in [3.63, 3.8) is 0 Å². The standard InChI is InChI=1S/C31H36O7.C8H6O4/c1-10-24(32)31(19(6)7,22-17-15-20(8)27(29(22)35-13-4)37-25(33)11-2)23-18-16-21(9)28(30(23)36-14-5)38-26(34)12-3;9-7(10)5-3-1-2-4-6(5)8(11)12/h10-12,15-19H,1-3,13-14H2,4-9H3;1-4H,(H,9,10)(H,11,12). The predicted octanol–water partition coefficient (Wildman–Crippen LogP) is 7.06. The number of aryl methyl sites for hydroxylation is 2. The summed E-state index contributed by atoms with van der Waals surface area (Å²) in [5, 5.41) is 17.1. The first-order chi connectivity index (χ1) is 23.7. The van der Waals surface area contributed by atoms with Crippen LogP contribution in [0.3, 0.4) is 0 Å². The molecule has 0 spiro atoms. The molecule has 0 aliphatic heterocycles. The Balaban J connectivity index is 0.000000606. The molecule has 0 heterocycles.